The third-order valence-electron chi connectivity index (χ3n) is 7.00. The summed E-state index contributed by atoms with van der Waals surface area (Å²) in [5.41, 5.74) is 1.19. The first-order chi connectivity index (χ1) is 18.6. The number of esters is 1. The number of hydrogen-bond acceptors (Lipinski definition) is 8. The quantitative estimate of drug-likeness (QED) is 0.454. The van der Waals surface area contributed by atoms with Gasteiger partial charge in [-0.1, -0.05) is 12.1 Å². The number of rotatable bonds is 8. The lowest BCUT2D eigenvalue weighted by Crippen LogP contribution is -2.52. The summed E-state index contributed by atoms with van der Waals surface area (Å²) in [4.78, 5) is 27.9. The zero-order valence-corrected chi connectivity index (χ0v) is 22.8. The molecule has 1 amide bonds. The fourth-order valence-corrected chi connectivity index (χ4v) is 7.02. The summed E-state index contributed by atoms with van der Waals surface area (Å²) in [7, 11) is -4.29. The lowest BCUT2D eigenvalue weighted by atomic mass is 9.83. The van der Waals surface area contributed by atoms with Crippen molar-refractivity contribution in [2.75, 3.05) is 23.4 Å². The molecule has 208 valence electrons. The minimum atomic E-state index is -4.16. The summed E-state index contributed by atoms with van der Waals surface area (Å²) in [5, 5.41) is 2.91. The van der Waals surface area contributed by atoms with Crippen LogP contribution in [-0.2, 0) is 46.6 Å². The molecule has 5 atom stereocenters. The Bertz CT molecular complexity index is 1470. The van der Waals surface area contributed by atoms with Crippen LogP contribution in [0.3, 0.4) is 0 Å². The standard InChI is InChI=1S/C25H27FN4O7S2/c1-36-25(32)23-18-9-10-19(37-18)24(23)30(13-14-3-5-15(26)6-4-14)22(31)12-21-27-17-8-7-16(28-38(2)33)11-20(17)39(34,35)29-21/h3-8,11,18-19,23-24,28H,9-10,12-13H2,1-2H3,(H,27,29). The number of carbonyl (C=O) groups is 2. The molecule has 0 aromatic heterocycles. The topological polar surface area (TPSA) is 143 Å². The van der Waals surface area contributed by atoms with Gasteiger partial charge in [-0.25, -0.2) is 8.60 Å². The zero-order valence-electron chi connectivity index (χ0n) is 21.1. The molecule has 2 aromatic carbocycles. The SMILES string of the molecule is COC(=O)C1C2CCC(O2)C1N(Cc1ccc(F)cc1)C(=O)CC1=NS(=O)(=O)c2cc(NS(C)=O)ccc2N1. The number of methoxy groups -OCH3 is 1. The van der Waals surface area contributed by atoms with Gasteiger partial charge in [0.2, 0.25) is 5.91 Å². The van der Waals surface area contributed by atoms with Crippen molar-refractivity contribution < 1.29 is 36.1 Å². The van der Waals surface area contributed by atoms with Crippen LogP contribution in [-0.4, -0.2) is 66.9 Å². The van der Waals surface area contributed by atoms with Crippen LogP contribution in [0.2, 0.25) is 0 Å². The molecule has 2 fully saturated rings. The van der Waals surface area contributed by atoms with E-state index in [0.717, 1.165) is 0 Å². The molecule has 39 heavy (non-hydrogen) atoms. The summed E-state index contributed by atoms with van der Waals surface area (Å²) in [6, 6.07) is 9.37. The summed E-state index contributed by atoms with van der Waals surface area (Å²) in [6.07, 6.45) is 1.53. The van der Waals surface area contributed by atoms with Gasteiger partial charge >= 0.3 is 5.97 Å². The molecule has 2 aromatic rings. The van der Waals surface area contributed by atoms with Crippen molar-refractivity contribution in [2.24, 2.45) is 10.3 Å². The number of ether oxygens (including phenoxy) is 2. The number of benzene rings is 2. The third kappa shape index (κ3) is 5.54. The van der Waals surface area contributed by atoms with Crippen LogP contribution in [0.25, 0.3) is 0 Å². The minimum Gasteiger partial charge on any atom is -0.469 e. The molecule has 2 saturated heterocycles. The summed E-state index contributed by atoms with van der Waals surface area (Å²) in [6.45, 7) is 0.0453. The molecule has 3 aliphatic rings. The molecule has 14 heteroatoms. The number of fused-ring (bicyclic) bond motifs is 3. The number of halogens is 1. The number of nitrogens with one attached hydrogen (secondary N) is 2. The molecular formula is C25H27FN4O7S2. The van der Waals surface area contributed by atoms with E-state index < -0.39 is 69.3 Å². The van der Waals surface area contributed by atoms with Crippen molar-refractivity contribution in [1.82, 2.24) is 4.90 Å². The van der Waals surface area contributed by atoms with E-state index in [1.165, 1.54) is 42.5 Å². The Kier molecular flexibility index (Phi) is 7.44. The second-order valence-corrected chi connectivity index (χ2v) is 12.2. The smallest absolute Gasteiger partial charge is 0.313 e. The molecule has 0 aliphatic carbocycles. The number of carbonyl (C=O) groups excluding carboxylic acids is 2. The molecular weight excluding hydrogens is 551 g/mol. The van der Waals surface area contributed by atoms with Crippen molar-refractivity contribution >= 4 is 50.1 Å². The number of amides is 1. The highest BCUT2D eigenvalue weighted by Crippen LogP contribution is 2.43. The van der Waals surface area contributed by atoms with E-state index in [9.17, 15) is 26.6 Å². The van der Waals surface area contributed by atoms with Crippen molar-refractivity contribution in [2.45, 2.75) is 49.0 Å². The van der Waals surface area contributed by atoms with Gasteiger partial charge in [0.25, 0.3) is 10.0 Å². The third-order valence-corrected chi connectivity index (χ3v) is 8.88. The maximum absolute atomic E-state index is 13.8. The van der Waals surface area contributed by atoms with Gasteiger partial charge in [-0.15, -0.1) is 4.40 Å². The van der Waals surface area contributed by atoms with E-state index >= 15 is 0 Å². The Labute approximate surface area is 227 Å². The number of hydrogen-bond donors (Lipinski definition) is 2. The maximum Gasteiger partial charge on any atom is 0.313 e. The van der Waals surface area contributed by atoms with E-state index in [1.54, 1.807) is 18.2 Å². The molecule has 0 radical (unpaired) electrons. The molecule has 5 unspecified atom stereocenters. The largest absolute Gasteiger partial charge is 0.469 e. The highest BCUT2D eigenvalue weighted by molar-refractivity contribution is 7.90. The number of amidine groups is 1. The van der Waals surface area contributed by atoms with E-state index in [4.69, 9.17) is 9.47 Å². The van der Waals surface area contributed by atoms with Crippen LogP contribution in [0.4, 0.5) is 15.8 Å². The van der Waals surface area contributed by atoms with E-state index in [-0.39, 0.29) is 23.0 Å². The molecule has 2 N–H and O–H groups in total. The first-order valence-electron chi connectivity index (χ1n) is 12.2. The number of sulfonamides is 1. The van der Waals surface area contributed by atoms with Crippen LogP contribution in [0.5, 0.6) is 0 Å². The Hall–Kier alpha value is -3.36. The van der Waals surface area contributed by atoms with Gasteiger partial charge < -0.3 is 24.4 Å². The van der Waals surface area contributed by atoms with Crippen LogP contribution in [0, 0.1) is 11.7 Å². The molecule has 5 rings (SSSR count). The van der Waals surface area contributed by atoms with Gasteiger partial charge in [0.05, 0.1) is 37.5 Å². The maximum atomic E-state index is 13.8. The molecule has 3 aliphatic heterocycles. The van der Waals surface area contributed by atoms with Crippen molar-refractivity contribution in [3.63, 3.8) is 0 Å². The summed E-state index contributed by atoms with van der Waals surface area (Å²) in [5.74, 6) is -2.21. The Balaban J connectivity index is 1.44. The van der Waals surface area contributed by atoms with E-state index in [0.29, 0.717) is 24.1 Å². The predicted molar refractivity (Wildman–Crippen MR) is 141 cm³/mol. The van der Waals surface area contributed by atoms with Crippen LogP contribution in [0.15, 0.2) is 51.8 Å². The van der Waals surface area contributed by atoms with E-state index in [2.05, 4.69) is 14.4 Å². The van der Waals surface area contributed by atoms with Gasteiger partial charge in [0.15, 0.2) is 0 Å². The van der Waals surface area contributed by atoms with E-state index in [1.807, 2.05) is 0 Å². The molecule has 0 spiro atoms. The summed E-state index contributed by atoms with van der Waals surface area (Å²) >= 11 is 0. The lowest BCUT2D eigenvalue weighted by molar-refractivity contribution is -0.150. The fraction of sp³-hybridized carbons (Fsp3) is 0.400. The van der Waals surface area contributed by atoms with Crippen molar-refractivity contribution in [3.05, 3.63) is 53.8 Å². The highest BCUT2D eigenvalue weighted by Gasteiger charge is 2.56. The van der Waals surface area contributed by atoms with Gasteiger partial charge in [0, 0.05) is 18.5 Å². The van der Waals surface area contributed by atoms with Gasteiger partial charge in [0.1, 0.15) is 33.5 Å². The first-order valence-corrected chi connectivity index (χ1v) is 15.2. The predicted octanol–water partition coefficient (Wildman–Crippen LogP) is 2.18. The Morgan fingerprint density at radius 3 is 2.62 bits per heavy atom. The average Bonchev–Trinajstić information content (AvgIpc) is 3.49. The van der Waals surface area contributed by atoms with Crippen LogP contribution >= 0.6 is 0 Å². The van der Waals surface area contributed by atoms with Crippen molar-refractivity contribution in [1.29, 1.82) is 0 Å². The van der Waals surface area contributed by atoms with Crippen molar-refractivity contribution in [3.8, 4) is 0 Å². The second-order valence-electron chi connectivity index (χ2n) is 9.56. The fourth-order valence-electron chi connectivity index (χ4n) is 5.39. The first kappa shape index (κ1) is 27.2. The normalized spacial score (nSPS) is 25.2. The van der Waals surface area contributed by atoms with Gasteiger partial charge in [-0.05, 0) is 48.7 Å². The summed E-state index contributed by atoms with van der Waals surface area (Å²) < 4.78 is 68.4. The van der Waals surface area contributed by atoms with Crippen LogP contribution in [0.1, 0.15) is 24.8 Å². The van der Waals surface area contributed by atoms with Gasteiger partial charge in [-0.2, -0.15) is 8.42 Å². The number of anilines is 2. The van der Waals surface area contributed by atoms with Crippen LogP contribution < -0.4 is 10.0 Å². The second kappa shape index (κ2) is 10.7. The molecule has 11 nitrogen and oxygen atoms in total. The monoisotopic (exact) mass is 578 g/mol. The Morgan fingerprint density at radius 2 is 1.92 bits per heavy atom. The van der Waals surface area contributed by atoms with Gasteiger partial charge in [-0.3, -0.25) is 9.59 Å². The Morgan fingerprint density at radius 1 is 1.21 bits per heavy atom. The average molecular weight is 579 g/mol. The minimum absolute atomic E-state index is 0.0453. The molecule has 2 bridgehead atoms. The zero-order chi connectivity index (χ0) is 27.9. The number of nitrogens with zero attached hydrogens (tertiary/aromatic N) is 2. The highest BCUT2D eigenvalue weighted by atomic mass is 32.2. The molecule has 0 saturated carbocycles. The lowest BCUT2D eigenvalue weighted by Gasteiger charge is -2.37. The molecule has 3 heterocycles.